The van der Waals surface area contributed by atoms with Gasteiger partial charge in [-0.3, -0.25) is 0 Å². The van der Waals surface area contributed by atoms with E-state index in [0.717, 1.165) is 41.6 Å². The molecule has 0 atom stereocenters. The summed E-state index contributed by atoms with van der Waals surface area (Å²) in [5, 5.41) is 6.65. The van der Waals surface area contributed by atoms with Crippen molar-refractivity contribution < 1.29 is 9.47 Å². The number of hydrogen-bond acceptors (Lipinski definition) is 3. The lowest BCUT2D eigenvalue weighted by Crippen LogP contribution is -2.47. The molecule has 1 aromatic carbocycles. The Kier molecular flexibility index (Phi) is 10.6. The first kappa shape index (κ1) is 23.6. The molecule has 0 saturated heterocycles. The highest BCUT2D eigenvalue weighted by molar-refractivity contribution is 14.0. The lowest BCUT2D eigenvalue weighted by Gasteiger charge is -2.23. The van der Waals surface area contributed by atoms with Crippen LogP contribution in [0, 0.1) is 0 Å². The number of ether oxygens (including phenoxy) is 2. The van der Waals surface area contributed by atoms with Crippen LogP contribution in [0.2, 0.25) is 0 Å². The predicted octanol–water partition coefficient (Wildman–Crippen LogP) is 3.90. The topological polar surface area (TPSA) is 54.9 Å². The second-order valence-electron chi connectivity index (χ2n) is 6.55. The van der Waals surface area contributed by atoms with Gasteiger partial charge in [-0.15, -0.1) is 30.6 Å². The summed E-state index contributed by atoms with van der Waals surface area (Å²) < 4.78 is 10.9. The molecule has 5 nitrogen and oxygen atoms in total. The van der Waals surface area contributed by atoms with Gasteiger partial charge in [-0.25, -0.2) is 4.99 Å². The Morgan fingerprint density at radius 3 is 2.40 bits per heavy atom. The lowest BCUT2D eigenvalue weighted by atomic mass is 10.1. The summed E-state index contributed by atoms with van der Waals surface area (Å²) in [7, 11) is 3.30. The Morgan fingerprint density at radius 1 is 1.24 bits per heavy atom. The van der Waals surface area contributed by atoms with Crippen LogP contribution in [0.5, 0.6) is 11.5 Å². The van der Waals surface area contributed by atoms with Crippen molar-refractivity contribution in [2.24, 2.45) is 4.99 Å². The zero-order valence-corrected chi connectivity index (χ0v) is 18.6. The molecule has 0 radical (unpaired) electrons. The Hall–Kier alpha value is -1.44. The van der Waals surface area contributed by atoms with Crippen molar-refractivity contribution in [2.75, 3.05) is 20.8 Å². The van der Waals surface area contributed by atoms with Gasteiger partial charge in [-0.05, 0) is 51.8 Å². The van der Waals surface area contributed by atoms with Crippen LogP contribution in [0.1, 0.15) is 38.8 Å². The number of nitrogens with one attached hydrogen (secondary N) is 2. The molecule has 2 N–H and O–H groups in total. The number of methoxy groups -OCH3 is 2. The Morgan fingerprint density at radius 2 is 1.92 bits per heavy atom. The third-order valence-electron chi connectivity index (χ3n) is 3.24. The molecule has 25 heavy (non-hydrogen) atoms. The summed E-state index contributed by atoms with van der Waals surface area (Å²) in [4.78, 5) is 4.67. The largest absolute Gasteiger partial charge is 0.493 e. The molecule has 0 aliphatic carbocycles. The van der Waals surface area contributed by atoms with E-state index in [-0.39, 0.29) is 29.5 Å². The molecule has 0 heterocycles. The van der Waals surface area contributed by atoms with Gasteiger partial charge in [0.2, 0.25) is 0 Å². The summed E-state index contributed by atoms with van der Waals surface area (Å²) in [6.07, 6.45) is 2.58. The second kappa shape index (κ2) is 11.2. The quantitative estimate of drug-likeness (QED) is 0.280. The average Bonchev–Trinajstić information content (AvgIpc) is 2.51. The van der Waals surface area contributed by atoms with Crippen LogP contribution in [-0.4, -0.2) is 32.3 Å². The van der Waals surface area contributed by atoms with Crippen molar-refractivity contribution in [1.29, 1.82) is 0 Å². The zero-order chi connectivity index (χ0) is 18.2. The normalized spacial score (nSPS) is 11.4. The van der Waals surface area contributed by atoms with Gasteiger partial charge in [0, 0.05) is 17.6 Å². The van der Waals surface area contributed by atoms with Crippen LogP contribution in [-0.2, 0) is 13.0 Å². The van der Waals surface area contributed by atoms with Crippen LogP contribution < -0.4 is 20.1 Å². The highest BCUT2D eigenvalue weighted by Crippen LogP contribution is 2.33. The van der Waals surface area contributed by atoms with E-state index in [0.29, 0.717) is 6.54 Å². The minimum atomic E-state index is -0.0490. The zero-order valence-electron chi connectivity index (χ0n) is 16.2. The SMILES string of the molecule is C=CCc1cc(CN=C(NCC)NC(C)(C)C)cc(OC)c1OC.I. The van der Waals surface area contributed by atoms with Crippen molar-refractivity contribution >= 4 is 29.9 Å². The van der Waals surface area contributed by atoms with Crippen LogP contribution in [0.3, 0.4) is 0 Å². The molecule has 6 heteroatoms. The van der Waals surface area contributed by atoms with Crippen molar-refractivity contribution in [1.82, 2.24) is 10.6 Å². The Bertz CT molecular complexity index is 581. The smallest absolute Gasteiger partial charge is 0.191 e. The molecule has 0 saturated carbocycles. The molecule has 0 spiro atoms. The fourth-order valence-corrected chi connectivity index (χ4v) is 2.34. The standard InChI is InChI=1S/C19H31N3O2.HI/c1-8-10-15-11-14(12-16(23-6)17(15)24-7)13-21-18(20-9-2)22-19(3,4)5;/h8,11-12H,1,9-10,13H2,2-7H3,(H2,20,21,22);1H. The average molecular weight is 461 g/mol. The molecule has 0 amide bonds. The fourth-order valence-electron chi connectivity index (χ4n) is 2.34. The van der Waals surface area contributed by atoms with Crippen LogP contribution >= 0.6 is 24.0 Å². The van der Waals surface area contributed by atoms with E-state index < -0.39 is 0 Å². The van der Waals surface area contributed by atoms with Crippen LogP contribution in [0.15, 0.2) is 29.8 Å². The van der Waals surface area contributed by atoms with Gasteiger partial charge in [0.15, 0.2) is 17.5 Å². The molecule has 1 rings (SSSR count). The third kappa shape index (κ3) is 7.98. The minimum Gasteiger partial charge on any atom is -0.493 e. The van der Waals surface area contributed by atoms with Crippen LogP contribution in [0.4, 0.5) is 0 Å². The number of guanidine groups is 1. The van der Waals surface area contributed by atoms with Gasteiger partial charge in [-0.1, -0.05) is 6.08 Å². The van der Waals surface area contributed by atoms with Gasteiger partial charge in [0.25, 0.3) is 0 Å². The number of benzene rings is 1. The van der Waals surface area contributed by atoms with Gasteiger partial charge in [0.05, 0.1) is 20.8 Å². The number of allylic oxidation sites excluding steroid dienone is 1. The maximum absolute atomic E-state index is 5.47. The summed E-state index contributed by atoms with van der Waals surface area (Å²) in [5.74, 6) is 2.27. The molecule has 0 bridgehead atoms. The van der Waals surface area contributed by atoms with Gasteiger partial charge >= 0.3 is 0 Å². The number of halogens is 1. The third-order valence-corrected chi connectivity index (χ3v) is 3.24. The second-order valence-corrected chi connectivity index (χ2v) is 6.55. The van der Waals surface area contributed by atoms with Crippen molar-refractivity contribution in [3.8, 4) is 11.5 Å². The van der Waals surface area contributed by atoms with Crippen molar-refractivity contribution in [3.63, 3.8) is 0 Å². The molecule has 0 fully saturated rings. The number of aliphatic imine (C=N–C) groups is 1. The summed E-state index contributed by atoms with van der Waals surface area (Å²) in [5.41, 5.74) is 2.06. The minimum absolute atomic E-state index is 0. The van der Waals surface area contributed by atoms with E-state index in [1.54, 1.807) is 14.2 Å². The molecular formula is C19H32IN3O2. The number of nitrogens with zero attached hydrogens (tertiary/aromatic N) is 1. The maximum atomic E-state index is 5.47. The monoisotopic (exact) mass is 461 g/mol. The molecule has 0 unspecified atom stereocenters. The predicted molar refractivity (Wildman–Crippen MR) is 117 cm³/mol. The number of rotatable bonds is 7. The van der Waals surface area contributed by atoms with E-state index in [4.69, 9.17) is 9.47 Å². The van der Waals surface area contributed by atoms with E-state index >= 15 is 0 Å². The highest BCUT2D eigenvalue weighted by atomic mass is 127. The summed E-state index contributed by atoms with van der Waals surface area (Å²) in [6.45, 7) is 13.6. The fraction of sp³-hybridized carbons (Fsp3) is 0.526. The van der Waals surface area contributed by atoms with E-state index in [1.165, 1.54) is 0 Å². The van der Waals surface area contributed by atoms with E-state index in [2.05, 4.69) is 56.0 Å². The van der Waals surface area contributed by atoms with Crippen LogP contribution in [0.25, 0.3) is 0 Å². The molecular weight excluding hydrogens is 429 g/mol. The Balaban J connectivity index is 0.00000576. The van der Waals surface area contributed by atoms with Gasteiger partial charge in [-0.2, -0.15) is 0 Å². The number of hydrogen-bond donors (Lipinski definition) is 2. The molecule has 0 aliphatic rings. The first-order chi connectivity index (χ1) is 11.3. The first-order valence-corrected chi connectivity index (χ1v) is 8.25. The molecule has 0 aromatic heterocycles. The summed E-state index contributed by atoms with van der Waals surface area (Å²) in [6, 6.07) is 4.06. The van der Waals surface area contributed by atoms with Crippen molar-refractivity contribution in [3.05, 3.63) is 35.9 Å². The van der Waals surface area contributed by atoms with Gasteiger partial charge in [0.1, 0.15) is 0 Å². The first-order valence-electron chi connectivity index (χ1n) is 8.25. The van der Waals surface area contributed by atoms with E-state index in [1.807, 2.05) is 12.1 Å². The molecule has 142 valence electrons. The highest BCUT2D eigenvalue weighted by Gasteiger charge is 2.13. The lowest BCUT2D eigenvalue weighted by molar-refractivity contribution is 0.352. The molecule has 1 aromatic rings. The molecule has 0 aliphatic heterocycles. The van der Waals surface area contributed by atoms with E-state index in [9.17, 15) is 0 Å². The van der Waals surface area contributed by atoms with Crippen molar-refractivity contribution in [2.45, 2.75) is 46.2 Å². The maximum Gasteiger partial charge on any atom is 0.191 e. The van der Waals surface area contributed by atoms with Gasteiger partial charge < -0.3 is 20.1 Å². The summed E-state index contributed by atoms with van der Waals surface area (Å²) >= 11 is 0. The Labute approximate surface area is 169 Å².